The lowest BCUT2D eigenvalue weighted by Crippen LogP contribution is -2.54. The molecule has 0 saturated heterocycles. The van der Waals surface area contributed by atoms with Gasteiger partial charge in [0, 0.05) is 23.1 Å². The van der Waals surface area contributed by atoms with Crippen LogP contribution in [0.2, 0.25) is 0 Å². The van der Waals surface area contributed by atoms with E-state index in [1.54, 1.807) is 0 Å². The van der Waals surface area contributed by atoms with Gasteiger partial charge in [0.1, 0.15) is 0 Å². The van der Waals surface area contributed by atoms with E-state index in [4.69, 9.17) is 5.73 Å². The van der Waals surface area contributed by atoms with Crippen molar-refractivity contribution in [3.63, 3.8) is 0 Å². The Kier molecular flexibility index (Phi) is 5.04. The molecule has 2 atom stereocenters. The van der Waals surface area contributed by atoms with Crippen molar-refractivity contribution >= 4 is 15.9 Å². The molecule has 0 bridgehead atoms. The Balaban J connectivity index is 2.13. The molecule has 2 unspecified atom stereocenters. The van der Waals surface area contributed by atoms with Crippen molar-refractivity contribution in [1.82, 2.24) is 4.90 Å². The summed E-state index contributed by atoms with van der Waals surface area (Å²) in [5, 5.41) is 0. The SMILES string of the molecule is CC1CCCC(CN)(N(C)Cc2ccccc2Br)C1. The Hall–Kier alpha value is -0.380. The first kappa shape index (κ1) is 15.0. The lowest BCUT2D eigenvalue weighted by atomic mass is 9.75. The summed E-state index contributed by atoms with van der Waals surface area (Å²) >= 11 is 3.64. The van der Waals surface area contributed by atoms with Gasteiger partial charge in [-0.3, -0.25) is 4.90 Å². The van der Waals surface area contributed by atoms with Crippen LogP contribution in [0.3, 0.4) is 0 Å². The van der Waals surface area contributed by atoms with Crippen LogP contribution >= 0.6 is 15.9 Å². The summed E-state index contributed by atoms with van der Waals surface area (Å²) in [6, 6.07) is 8.47. The maximum atomic E-state index is 6.14. The summed E-state index contributed by atoms with van der Waals surface area (Å²) in [5.41, 5.74) is 7.67. The molecule has 1 aromatic rings. The molecule has 1 fully saturated rings. The fourth-order valence-electron chi connectivity index (χ4n) is 3.37. The zero-order valence-electron chi connectivity index (χ0n) is 12.0. The van der Waals surface area contributed by atoms with Crippen LogP contribution in [0.1, 0.15) is 38.2 Å². The fraction of sp³-hybridized carbons (Fsp3) is 0.625. The van der Waals surface area contributed by atoms with Gasteiger partial charge < -0.3 is 5.73 Å². The largest absolute Gasteiger partial charge is 0.329 e. The molecular formula is C16H25BrN2. The number of halogens is 1. The number of nitrogens with two attached hydrogens (primary N) is 1. The van der Waals surface area contributed by atoms with E-state index >= 15 is 0 Å². The molecule has 19 heavy (non-hydrogen) atoms. The zero-order chi connectivity index (χ0) is 13.9. The van der Waals surface area contributed by atoms with E-state index in [1.165, 1.54) is 35.7 Å². The number of hydrogen-bond acceptors (Lipinski definition) is 2. The molecule has 1 saturated carbocycles. The molecule has 0 spiro atoms. The van der Waals surface area contributed by atoms with Gasteiger partial charge >= 0.3 is 0 Å². The highest BCUT2D eigenvalue weighted by atomic mass is 79.9. The number of rotatable bonds is 4. The van der Waals surface area contributed by atoms with Gasteiger partial charge in [-0.05, 0) is 37.4 Å². The Morgan fingerprint density at radius 2 is 2.16 bits per heavy atom. The molecule has 1 aliphatic carbocycles. The van der Waals surface area contributed by atoms with Gasteiger partial charge in [0.25, 0.3) is 0 Å². The van der Waals surface area contributed by atoms with Crippen LogP contribution in [0, 0.1) is 5.92 Å². The first-order valence-corrected chi connectivity index (χ1v) is 8.01. The monoisotopic (exact) mass is 324 g/mol. The Morgan fingerprint density at radius 1 is 1.42 bits per heavy atom. The third kappa shape index (κ3) is 3.39. The lowest BCUT2D eigenvalue weighted by Gasteiger charge is -2.46. The quantitative estimate of drug-likeness (QED) is 0.913. The summed E-state index contributed by atoms with van der Waals surface area (Å²) in [7, 11) is 2.23. The molecule has 0 amide bonds. The summed E-state index contributed by atoms with van der Waals surface area (Å²) in [6.45, 7) is 4.08. The van der Waals surface area contributed by atoms with Crippen molar-refractivity contribution in [1.29, 1.82) is 0 Å². The summed E-state index contributed by atoms with van der Waals surface area (Å²) < 4.78 is 1.19. The van der Waals surface area contributed by atoms with Gasteiger partial charge in [-0.1, -0.05) is 53.9 Å². The van der Waals surface area contributed by atoms with Crippen molar-refractivity contribution in [3.05, 3.63) is 34.3 Å². The van der Waals surface area contributed by atoms with Crippen LogP contribution in [0.15, 0.2) is 28.7 Å². The minimum Gasteiger partial charge on any atom is -0.329 e. The Morgan fingerprint density at radius 3 is 2.79 bits per heavy atom. The summed E-state index contributed by atoms with van der Waals surface area (Å²) in [6.07, 6.45) is 5.11. The normalized spacial score (nSPS) is 27.7. The topological polar surface area (TPSA) is 29.3 Å². The predicted molar refractivity (Wildman–Crippen MR) is 85.0 cm³/mol. The van der Waals surface area contributed by atoms with Crippen molar-refractivity contribution in [2.45, 2.75) is 44.7 Å². The summed E-state index contributed by atoms with van der Waals surface area (Å²) in [4.78, 5) is 2.47. The molecule has 1 aromatic carbocycles. The number of nitrogens with zero attached hydrogens (tertiary/aromatic N) is 1. The fourth-order valence-corrected chi connectivity index (χ4v) is 3.78. The molecular weight excluding hydrogens is 300 g/mol. The van der Waals surface area contributed by atoms with Gasteiger partial charge in [-0.2, -0.15) is 0 Å². The Labute approximate surface area is 125 Å². The minimum absolute atomic E-state index is 0.187. The molecule has 0 heterocycles. The molecule has 106 valence electrons. The van der Waals surface area contributed by atoms with E-state index in [2.05, 4.69) is 59.1 Å². The van der Waals surface area contributed by atoms with Crippen molar-refractivity contribution in [2.24, 2.45) is 11.7 Å². The molecule has 0 aliphatic heterocycles. The number of benzene rings is 1. The third-order valence-electron chi connectivity index (χ3n) is 4.62. The molecule has 2 nitrogen and oxygen atoms in total. The van der Waals surface area contributed by atoms with Crippen molar-refractivity contribution < 1.29 is 0 Å². The smallest absolute Gasteiger partial charge is 0.0334 e. The number of likely N-dealkylation sites (N-methyl/N-ethyl adjacent to an activating group) is 1. The second-order valence-electron chi connectivity index (χ2n) is 6.08. The molecule has 3 heteroatoms. The van der Waals surface area contributed by atoms with Gasteiger partial charge in [0.15, 0.2) is 0 Å². The van der Waals surface area contributed by atoms with E-state index in [0.29, 0.717) is 0 Å². The van der Waals surface area contributed by atoms with Crippen molar-refractivity contribution in [3.8, 4) is 0 Å². The highest BCUT2D eigenvalue weighted by molar-refractivity contribution is 9.10. The highest BCUT2D eigenvalue weighted by Crippen LogP contribution is 2.36. The van der Waals surface area contributed by atoms with Crippen LogP contribution in [-0.2, 0) is 6.54 Å². The summed E-state index contributed by atoms with van der Waals surface area (Å²) in [5.74, 6) is 0.791. The second kappa shape index (κ2) is 6.38. The third-order valence-corrected chi connectivity index (χ3v) is 5.40. The van der Waals surface area contributed by atoms with E-state index in [-0.39, 0.29) is 5.54 Å². The van der Waals surface area contributed by atoms with Crippen LogP contribution in [0.5, 0.6) is 0 Å². The molecule has 0 aromatic heterocycles. The molecule has 0 radical (unpaired) electrons. The average molecular weight is 325 g/mol. The van der Waals surface area contributed by atoms with Crippen LogP contribution < -0.4 is 5.73 Å². The van der Waals surface area contributed by atoms with E-state index in [0.717, 1.165) is 19.0 Å². The van der Waals surface area contributed by atoms with E-state index in [9.17, 15) is 0 Å². The molecule has 2 N–H and O–H groups in total. The molecule has 1 aliphatic rings. The second-order valence-corrected chi connectivity index (χ2v) is 6.93. The van der Waals surface area contributed by atoms with Gasteiger partial charge in [-0.15, -0.1) is 0 Å². The van der Waals surface area contributed by atoms with Gasteiger partial charge in [-0.25, -0.2) is 0 Å². The van der Waals surface area contributed by atoms with Crippen LogP contribution in [0.25, 0.3) is 0 Å². The van der Waals surface area contributed by atoms with Crippen molar-refractivity contribution in [2.75, 3.05) is 13.6 Å². The van der Waals surface area contributed by atoms with Crippen LogP contribution in [-0.4, -0.2) is 24.0 Å². The zero-order valence-corrected chi connectivity index (χ0v) is 13.6. The molecule has 2 rings (SSSR count). The first-order chi connectivity index (χ1) is 9.07. The lowest BCUT2D eigenvalue weighted by molar-refractivity contribution is 0.0553. The van der Waals surface area contributed by atoms with Crippen LogP contribution in [0.4, 0.5) is 0 Å². The van der Waals surface area contributed by atoms with E-state index < -0.39 is 0 Å². The minimum atomic E-state index is 0.187. The highest BCUT2D eigenvalue weighted by Gasteiger charge is 2.37. The van der Waals surface area contributed by atoms with Gasteiger partial charge in [0.05, 0.1) is 0 Å². The predicted octanol–water partition coefficient (Wildman–Crippen LogP) is 3.79. The Bertz CT molecular complexity index is 421. The number of hydrogen-bond donors (Lipinski definition) is 1. The standard InChI is InChI=1S/C16H25BrN2/c1-13-6-5-9-16(10-13,12-18)19(2)11-14-7-3-4-8-15(14)17/h3-4,7-8,13H,5-6,9-12,18H2,1-2H3. The maximum Gasteiger partial charge on any atom is 0.0334 e. The first-order valence-electron chi connectivity index (χ1n) is 7.22. The van der Waals surface area contributed by atoms with E-state index in [1.807, 2.05) is 0 Å². The maximum absolute atomic E-state index is 6.14. The average Bonchev–Trinajstić information content (AvgIpc) is 2.41. The van der Waals surface area contributed by atoms with Gasteiger partial charge in [0.2, 0.25) is 0 Å².